The molecule has 4 heteroatoms. The third-order valence-electron chi connectivity index (χ3n) is 2.17. The number of nitrogens with one attached hydrogen (secondary N) is 1. The van der Waals surface area contributed by atoms with Crippen LogP contribution in [0.25, 0.3) is 0 Å². The van der Waals surface area contributed by atoms with Crippen molar-refractivity contribution >= 4 is 5.84 Å². The van der Waals surface area contributed by atoms with Crippen molar-refractivity contribution in [3.05, 3.63) is 24.3 Å². The molecule has 4 nitrogen and oxygen atoms in total. The van der Waals surface area contributed by atoms with Gasteiger partial charge in [-0.15, -0.1) is 0 Å². The van der Waals surface area contributed by atoms with Gasteiger partial charge in [-0.3, -0.25) is 5.41 Å². The number of nitrogens with two attached hydrogens (primary N) is 1. The van der Waals surface area contributed by atoms with Gasteiger partial charge < -0.3 is 15.2 Å². The minimum Gasteiger partial charge on any atom is -0.497 e. The number of methoxy groups -OCH3 is 1. The molecule has 0 unspecified atom stereocenters. The standard InChI is InChI=1S/C12H18N2O2/c1-15-10-5-7-11(8-6-10)16-9-3-2-4-12(13)14/h5-8H,2-4,9H2,1H3,(H3,13,14). The molecule has 0 aliphatic rings. The molecule has 0 aromatic heterocycles. The summed E-state index contributed by atoms with van der Waals surface area (Å²) in [5, 5.41) is 7.06. The Morgan fingerprint density at radius 3 is 2.38 bits per heavy atom. The second-order valence-corrected chi connectivity index (χ2v) is 3.51. The van der Waals surface area contributed by atoms with Gasteiger partial charge in [0, 0.05) is 6.42 Å². The van der Waals surface area contributed by atoms with Crippen molar-refractivity contribution in [1.82, 2.24) is 0 Å². The van der Waals surface area contributed by atoms with Crippen LogP contribution in [0.5, 0.6) is 11.5 Å². The number of hydrogen-bond donors (Lipinski definition) is 2. The largest absolute Gasteiger partial charge is 0.497 e. The highest BCUT2D eigenvalue weighted by Gasteiger charge is 1.96. The average molecular weight is 222 g/mol. The first-order valence-electron chi connectivity index (χ1n) is 5.32. The van der Waals surface area contributed by atoms with Gasteiger partial charge >= 0.3 is 0 Å². The first kappa shape index (κ1) is 12.4. The molecule has 0 aliphatic carbocycles. The number of amidine groups is 1. The van der Waals surface area contributed by atoms with E-state index in [9.17, 15) is 0 Å². The van der Waals surface area contributed by atoms with Crippen molar-refractivity contribution in [3.8, 4) is 11.5 Å². The Balaban J connectivity index is 2.19. The smallest absolute Gasteiger partial charge is 0.119 e. The van der Waals surface area contributed by atoms with Crippen LogP contribution < -0.4 is 15.2 Å². The molecule has 1 aromatic rings. The van der Waals surface area contributed by atoms with E-state index in [4.69, 9.17) is 20.6 Å². The van der Waals surface area contributed by atoms with Crippen molar-refractivity contribution < 1.29 is 9.47 Å². The van der Waals surface area contributed by atoms with Gasteiger partial charge in [0.2, 0.25) is 0 Å². The maximum Gasteiger partial charge on any atom is 0.119 e. The van der Waals surface area contributed by atoms with Crippen LogP contribution in [0.4, 0.5) is 0 Å². The monoisotopic (exact) mass is 222 g/mol. The second kappa shape index (κ2) is 6.71. The first-order valence-corrected chi connectivity index (χ1v) is 5.32. The highest BCUT2D eigenvalue weighted by Crippen LogP contribution is 2.17. The van der Waals surface area contributed by atoms with Crippen LogP contribution in [0.2, 0.25) is 0 Å². The average Bonchev–Trinajstić information content (AvgIpc) is 2.29. The van der Waals surface area contributed by atoms with Crippen LogP contribution in [0.15, 0.2) is 24.3 Å². The molecule has 88 valence electrons. The van der Waals surface area contributed by atoms with Crippen molar-refractivity contribution in [3.63, 3.8) is 0 Å². The minimum absolute atomic E-state index is 0.240. The summed E-state index contributed by atoms with van der Waals surface area (Å²) in [6.45, 7) is 0.652. The minimum atomic E-state index is 0.240. The molecular formula is C12H18N2O2. The van der Waals surface area contributed by atoms with Gasteiger partial charge in [-0.05, 0) is 37.1 Å². The van der Waals surface area contributed by atoms with Crippen LogP contribution in [-0.2, 0) is 0 Å². The molecule has 0 bridgehead atoms. The molecule has 1 aromatic carbocycles. The first-order chi connectivity index (χ1) is 7.72. The highest BCUT2D eigenvalue weighted by molar-refractivity contribution is 5.76. The lowest BCUT2D eigenvalue weighted by molar-refractivity contribution is 0.307. The van der Waals surface area contributed by atoms with Gasteiger partial charge in [-0.2, -0.15) is 0 Å². The predicted molar refractivity (Wildman–Crippen MR) is 64.3 cm³/mol. The summed E-state index contributed by atoms with van der Waals surface area (Å²) in [6.07, 6.45) is 2.45. The lowest BCUT2D eigenvalue weighted by atomic mass is 10.2. The lowest BCUT2D eigenvalue weighted by Gasteiger charge is -2.06. The number of benzene rings is 1. The summed E-state index contributed by atoms with van der Waals surface area (Å²) in [5.74, 6) is 1.90. The summed E-state index contributed by atoms with van der Waals surface area (Å²) in [5.41, 5.74) is 5.25. The maximum atomic E-state index is 7.06. The Bertz CT molecular complexity index is 322. The molecule has 0 fully saturated rings. The Hall–Kier alpha value is -1.71. The third kappa shape index (κ3) is 4.68. The number of ether oxygens (including phenoxy) is 2. The molecular weight excluding hydrogens is 204 g/mol. The molecule has 3 N–H and O–H groups in total. The van der Waals surface area contributed by atoms with E-state index in [0.717, 1.165) is 24.3 Å². The van der Waals surface area contributed by atoms with Crippen LogP contribution >= 0.6 is 0 Å². The molecule has 16 heavy (non-hydrogen) atoms. The van der Waals surface area contributed by atoms with E-state index in [-0.39, 0.29) is 5.84 Å². The summed E-state index contributed by atoms with van der Waals surface area (Å²) in [6, 6.07) is 7.49. The number of rotatable bonds is 7. The van der Waals surface area contributed by atoms with Crippen molar-refractivity contribution in [2.75, 3.05) is 13.7 Å². The lowest BCUT2D eigenvalue weighted by Crippen LogP contribution is -2.09. The fourth-order valence-corrected chi connectivity index (χ4v) is 1.28. The molecule has 0 aliphatic heterocycles. The fourth-order valence-electron chi connectivity index (χ4n) is 1.28. The molecule has 0 heterocycles. The van der Waals surface area contributed by atoms with E-state index >= 15 is 0 Å². The van der Waals surface area contributed by atoms with Gasteiger partial charge in [0.1, 0.15) is 11.5 Å². The summed E-state index contributed by atoms with van der Waals surface area (Å²) < 4.78 is 10.6. The Kier molecular flexibility index (Phi) is 5.19. The van der Waals surface area contributed by atoms with Crippen molar-refractivity contribution in [1.29, 1.82) is 5.41 Å². The topological polar surface area (TPSA) is 68.3 Å². The molecule has 0 atom stereocenters. The van der Waals surface area contributed by atoms with E-state index in [1.807, 2.05) is 24.3 Å². The van der Waals surface area contributed by atoms with Crippen LogP contribution in [0.1, 0.15) is 19.3 Å². The second-order valence-electron chi connectivity index (χ2n) is 3.51. The summed E-state index contributed by atoms with van der Waals surface area (Å²) >= 11 is 0. The van der Waals surface area contributed by atoms with E-state index in [1.165, 1.54) is 0 Å². The SMILES string of the molecule is COc1ccc(OCCCCC(=N)N)cc1. The number of hydrogen-bond acceptors (Lipinski definition) is 3. The molecule has 0 spiro atoms. The zero-order chi connectivity index (χ0) is 11.8. The molecule has 0 saturated carbocycles. The van der Waals surface area contributed by atoms with E-state index in [0.29, 0.717) is 13.0 Å². The Morgan fingerprint density at radius 2 is 1.81 bits per heavy atom. The van der Waals surface area contributed by atoms with Crippen LogP contribution in [0, 0.1) is 5.41 Å². The zero-order valence-electron chi connectivity index (χ0n) is 9.53. The maximum absolute atomic E-state index is 7.06. The Labute approximate surface area is 95.9 Å². The quantitative estimate of drug-likeness (QED) is 0.422. The van der Waals surface area contributed by atoms with Gasteiger partial charge in [0.05, 0.1) is 19.6 Å². The normalized spacial score (nSPS) is 9.81. The summed E-state index contributed by atoms with van der Waals surface area (Å²) in [4.78, 5) is 0. The van der Waals surface area contributed by atoms with Crippen LogP contribution in [0.3, 0.4) is 0 Å². The van der Waals surface area contributed by atoms with Crippen molar-refractivity contribution in [2.45, 2.75) is 19.3 Å². The summed E-state index contributed by atoms with van der Waals surface area (Å²) in [7, 11) is 1.64. The van der Waals surface area contributed by atoms with Gasteiger partial charge in [-0.25, -0.2) is 0 Å². The number of unbranched alkanes of at least 4 members (excludes halogenated alkanes) is 1. The van der Waals surface area contributed by atoms with Gasteiger partial charge in [0.15, 0.2) is 0 Å². The molecule has 0 saturated heterocycles. The Morgan fingerprint density at radius 1 is 1.19 bits per heavy atom. The van der Waals surface area contributed by atoms with E-state index in [2.05, 4.69) is 0 Å². The highest BCUT2D eigenvalue weighted by atomic mass is 16.5. The predicted octanol–water partition coefficient (Wildman–Crippen LogP) is 2.18. The van der Waals surface area contributed by atoms with E-state index < -0.39 is 0 Å². The molecule has 0 amide bonds. The van der Waals surface area contributed by atoms with Crippen molar-refractivity contribution in [2.24, 2.45) is 5.73 Å². The fraction of sp³-hybridized carbons (Fsp3) is 0.417. The zero-order valence-corrected chi connectivity index (χ0v) is 9.53. The molecule has 0 radical (unpaired) electrons. The van der Waals surface area contributed by atoms with E-state index in [1.54, 1.807) is 7.11 Å². The molecule has 1 rings (SSSR count). The van der Waals surface area contributed by atoms with Gasteiger partial charge in [-0.1, -0.05) is 0 Å². The van der Waals surface area contributed by atoms with Gasteiger partial charge in [0.25, 0.3) is 0 Å². The third-order valence-corrected chi connectivity index (χ3v) is 2.17. The van der Waals surface area contributed by atoms with Crippen LogP contribution in [-0.4, -0.2) is 19.6 Å².